The van der Waals surface area contributed by atoms with E-state index in [1.807, 2.05) is 0 Å². The quantitative estimate of drug-likeness (QED) is 0.315. The Morgan fingerprint density at radius 2 is 1.85 bits per heavy atom. The van der Waals surface area contributed by atoms with Crippen LogP contribution in [0.5, 0.6) is 11.5 Å². The van der Waals surface area contributed by atoms with Crippen LogP contribution in [0.2, 0.25) is 0 Å². The number of hydrogen-bond acceptors (Lipinski definition) is 5. The van der Waals surface area contributed by atoms with Crippen molar-refractivity contribution in [3.8, 4) is 11.5 Å². The fraction of sp³-hybridized carbons (Fsp3) is 0.120. The third kappa shape index (κ3) is 5.31. The van der Waals surface area contributed by atoms with Gasteiger partial charge < -0.3 is 9.47 Å². The van der Waals surface area contributed by atoms with Gasteiger partial charge in [-0.3, -0.25) is 14.5 Å². The summed E-state index contributed by atoms with van der Waals surface area (Å²) in [5.74, 6) is -0.529. The van der Waals surface area contributed by atoms with E-state index in [2.05, 4.69) is 15.9 Å². The van der Waals surface area contributed by atoms with Crippen LogP contribution in [0.1, 0.15) is 16.7 Å². The lowest BCUT2D eigenvalue weighted by Gasteiger charge is -2.14. The number of nitrogens with zero attached hydrogens (tertiary/aromatic N) is 1. The molecule has 3 aromatic carbocycles. The number of carbonyl (C=O) groups excluding carboxylic acids is 2. The second-order valence-electron chi connectivity index (χ2n) is 7.31. The van der Waals surface area contributed by atoms with Crippen molar-refractivity contribution in [1.29, 1.82) is 0 Å². The van der Waals surface area contributed by atoms with E-state index >= 15 is 0 Å². The molecule has 0 aromatic heterocycles. The SMILES string of the molecule is COc1cc(/C=C2\SC(=O)N(Cc3ccccc3F)C2=O)cc(Br)c1OCc1cccc(F)c1. The van der Waals surface area contributed by atoms with Crippen molar-refractivity contribution in [2.24, 2.45) is 0 Å². The molecule has 1 aliphatic heterocycles. The maximum Gasteiger partial charge on any atom is 0.293 e. The van der Waals surface area contributed by atoms with Gasteiger partial charge >= 0.3 is 0 Å². The smallest absolute Gasteiger partial charge is 0.293 e. The highest BCUT2D eigenvalue weighted by atomic mass is 79.9. The van der Waals surface area contributed by atoms with Crippen LogP contribution in [0.15, 0.2) is 70.0 Å². The highest BCUT2D eigenvalue weighted by Crippen LogP contribution is 2.39. The molecule has 0 bridgehead atoms. The predicted molar refractivity (Wildman–Crippen MR) is 129 cm³/mol. The standard InChI is InChI=1S/C25H18BrF2NO4S/c1-32-21-11-16(10-19(26)23(21)33-14-15-5-4-7-18(27)9-15)12-22-24(30)29(25(31)34-22)13-17-6-2-3-8-20(17)28/h2-12H,13-14H2,1H3/b22-12-. The third-order valence-corrected chi connectivity index (χ3v) is 6.48. The molecule has 0 saturated carbocycles. The van der Waals surface area contributed by atoms with Crippen molar-refractivity contribution >= 4 is 44.9 Å². The van der Waals surface area contributed by atoms with Crippen LogP contribution in [0.3, 0.4) is 0 Å². The minimum Gasteiger partial charge on any atom is -0.493 e. The Hall–Kier alpha value is -3.17. The molecular weight excluding hydrogens is 528 g/mol. The molecule has 0 atom stereocenters. The number of benzene rings is 3. The third-order valence-electron chi connectivity index (χ3n) is 4.98. The topological polar surface area (TPSA) is 55.8 Å². The van der Waals surface area contributed by atoms with E-state index in [1.54, 1.807) is 42.5 Å². The molecule has 0 N–H and O–H groups in total. The lowest BCUT2D eigenvalue weighted by atomic mass is 10.1. The summed E-state index contributed by atoms with van der Waals surface area (Å²) in [5.41, 5.74) is 1.51. The molecule has 3 aromatic rings. The first-order chi connectivity index (χ1) is 16.4. The molecule has 0 unspecified atom stereocenters. The maximum absolute atomic E-state index is 14.0. The summed E-state index contributed by atoms with van der Waals surface area (Å²) in [5, 5.41) is -0.472. The second-order valence-corrected chi connectivity index (χ2v) is 9.16. The van der Waals surface area contributed by atoms with Crippen molar-refractivity contribution in [2.45, 2.75) is 13.2 Å². The maximum atomic E-state index is 14.0. The average Bonchev–Trinajstić information content (AvgIpc) is 3.06. The molecule has 4 rings (SSSR count). The van der Waals surface area contributed by atoms with E-state index in [4.69, 9.17) is 9.47 Å². The largest absolute Gasteiger partial charge is 0.493 e. The molecule has 0 radical (unpaired) electrons. The molecule has 5 nitrogen and oxygen atoms in total. The fourth-order valence-electron chi connectivity index (χ4n) is 3.33. The predicted octanol–water partition coefficient (Wildman–Crippen LogP) is 6.55. The molecule has 34 heavy (non-hydrogen) atoms. The van der Waals surface area contributed by atoms with E-state index < -0.39 is 17.0 Å². The Bertz CT molecular complexity index is 1300. The molecule has 1 aliphatic rings. The summed E-state index contributed by atoms with van der Waals surface area (Å²) in [6, 6.07) is 15.5. The van der Waals surface area contributed by atoms with Gasteiger partial charge in [0.1, 0.15) is 18.2 Å². The van der Waals surface area contributed by atoms with Crippen LogP contribution in [0.4, 0.5) is 13.6 Å². The first-order valence-electron chi connectivity index (χ1n) is 10.1. The van der Waals surface area contributed by atoms with E-state index in [-0.39, 0.29) is 29.4 Å². The van der Waals surface area contributed by atoms with Gasteiger partial charge in [0.2, 0.25) is 0 Å². The molecule has 0 aliphatic carbocycles. The highest BCUT2D eigenvalue weighted by Gasteiger charge is 2.35. The van der Waals surface area contributed by atoms with E-state index in [0.717, 1.165) is 16.7 Å². The molecule has 1 fully saturated rings. The van der Waals surface area contributed by atoms with Gasteiger partial charge in [-0.25, -0.2) is 8.78 Å². The van der Waals surface area contributed by atoms with Gasteiger partial charge in [0, 0.05) is 5.56 Å². The number of amides is 2. The molecular formula is C25H18BrF2NO4S. The Morgan fingerprint density at radius 3 is 2.59 bits per heavy atom. The first-order valence-corrected chi connectivity index (χ1v) is 11.7. The number of halogens is 3. The minimum atomic E-state index is -0.500. The Balaban J connectivity index is 1.54. The van der Waals surface area contributed by atoms with Crippen molar-refractivity contribution in [1.82, 2.24) is 4.90 Å². The zero-order chi connectivity index (χ0) is 24.2. The van der Waals surface area contributed by atoms with Gasteiger partial charge in [-0.05, 0) is 75.2 Å². The molecule has 9 heteroatoms. The van der Waals surface area contributed by atoms with E-state index in [1.165, 1.54) is 31.4 Å². The van der Waals surface area contributed by atoms with Crippen LogP contribution in [0, 0.1) is 11.6 Å². The molecule has 174 valence electrons. The van der Waals surface area contributed by atoms with Crippen LogP contribution >= 0.6 is 27.7 Å². The number of rotatable bonds is 7. The average molecular weight is 546 g/mol. The molecule has 0 spiro atoms. The number of thioether (sulfide) groups is 1. The fourth-order valence-corrected chi connectivity index (χ4v) is 4.74. The van der Waals surface area contributed by atoms with E-state index in [9.17, 15) is 18.4 Å². The minimum absolute atomic E-state index is 0.126. The lowest BCUT2D eigenvalue weighted by Crippen LogP contribution is -2.27. The van der Waals surface area contributed by atoms with Crippen molar-refractivity contribution in [3.63, 3.8) is 0 Å². The van der Waals surface area contributed by atoms with Crippen molar-refractivity contribution < 1.29 is 27.8 Å². The van der Waals surface area contributed by atoms with Gasteiger partial charge in [0.25, 0.3) is 11.1 Å². The zero-order valence-electron chi connectivity index (χ0n) is 17.9. The Morgan fingerprint density at radius 1 is 1.06 bits per heavy atom. The van der Waals surface area contributed by atoms with Gasteiger partial charge in [0.05, 0.1) is 23.0 Å². The monoisotopic (exact) mass is 545 g/mol. The molecule has 1 saturated heterocycles. The number of hydrogen-bond donors (Lipinski definition) is 0. The number of ether oxygens (including phenoxy) is 2. The second kappa shape index (κ2) is 10.4. The summed E-state index contributed by atoms with van der Waals surface area (Å²) in [7, 11) is 1.48. The van der Waals surface area contributed by atoms with Crippen LogP contribution in [-0.2, 0) is 17.9 Å². The molecule has 1 heterocycles. The van der Waals surface area contributed by atoms with Gasteiger partial charge in [-0.15, -0.1) is 0 Å². The van der Waals surface area contributed by atoms with Crippen LogP contribution < -0.4 is 9.47 Å². The first kappa shape index (κ1) is 24.0. The lowest BCUT2D eigenvalue weighted by molar-refractivity contribution is -0.123. The van der Waals surface area contributed by atoms with Crippen LogP contribution in [-0.4, -0.2) is 23.2 Å². The van der Waals surface area contributed by atoms with Crippen molar-refractivity contribution in [2.75, 3.05) is 7.11 Å². The summed E-state index contributed by atoms with van der Waals surface area (Å²) < 4.78 is 39.2. The highest BCUT2D eigenvalue weighted by molar-refractivity contribution is 9.10. The zero-order valence-corrected chi connectivity index (χ0v) is 20.3. The summed E-state index contributed by atoms with van der Waals surface area (Å²) in [6.45, 7) is -0.0183. The Kier molecular flexibility index (Phi) is 7.33. The van der Waals surface area contributed by atoms with Crippen molar-refractivity contribution in [3.05, 3.63) is 98.4 Å². The van der Waals surface area contributed by atoms with Gasteiger partial charge in [0.15, 0.2) is 11.5 Å². The summed E-state index contributed by atoms with van der Waals surface area (Å²) in [4.78, 5) is 26.5. The van der Waals surface area contributed by atoms with Crippen LogP contribution in [0.25, 0.3) is 6.08 Å². The normalized spacial score (nSPS) is 14.7. The number of imide groups is 1. The number of carbonyl (C=O) groups is 2. The number of methoxy groups -OCH3 is 1. The summed E-state index contributed by atoms with van der Waals surface area (Å²) >= 11 is 4.24. The van der Waals surface area contributed by atoms with E-state index in [0.29, 0.717) is 27.1 Å². The van der Waals surface area contributed by atoms with Gasteiger partial charge in [-0.1, -0.05) is 30.3 Å². The summed E-state index contributed by atoms with van der Waals surface area (Å²) in [6.07, 6.45) is 1.57. The van der Waals surface area contributed by atoms with Gasteiger partial charge in [-0.2, -0.15) is 0 Å². The molecule has 2 amide bonds. The Labute approximate surface area is 207 Å².